The summed E-state index contributed by atoms with van der Waals surface area (Å²) in [6.45, 7) is 10.1. The monoisotopic (exact) mass is 432 g/mol. The number of fused-ring (bicyclic) bond motifs is 1. The Morgan fingerprint density at radius 2 is 1.86 bits per heavy atom. The third-order valence-electron chi connectivity index (χ3n) is 4.82. The second kappa shape index (κ2) is 9.33. The molecule has 3 rings (SSSR count). The van der Waals surface area contributed by atoms with Gasteiger partial charge in [0, 0.05) is 30.2 Å². The largest absolute Gasteiger partial charge is 0.493 e. The van der Waals surface area contributed by atoms with Crippen LogP contribution in [0.3, 0.4) is 0 Å². The third-order valence-corrected chi connectivity index (χ3v) is 6.43. The molecule has 0 fully saturated rings. The van der Waals surface area contributed by atoms with E-state index >= 15 is 0 Å². The first-order valence-electron chi connectivity index (χ1n) is 10.0. The van der Waals surface area contributed by atoms with Crippen molar-refractivity contribution in [1.82, 2.24) is 0 Å². The number of hydrogen-bond donors (Lipinski definition) is 0. The van der Waals surface area contributed by atoms with Crippen molar-refractivity contribution >= 4 is 25.7 Å². The molecule has 2 unspecified atom stereocenters. The van der Waals surface area contributed by atoms with Crippen LogP contribution in [0.5, 0.6) is 11.5 Å². The number of benzene rings is 2. The number of rotatable bonds is 8. The number of Topliss-reactive ketones (excluding diaryl/α,β-unsaturated/α-hetero) is 1. The van der Waals surface area contributed by atoms with Gasteiger partial charge < -0.3 is 13.9 Å². The topological polar surface area (TPSA) is 44.8 Å². The van der Waals surface area contributed by atoms with Gasteiger partial charge in [-0.05, 0) is 32.6 Å². The molecule has 2 aromatic carbocycles. The molecule has 0 saturated heterocycles. The molecule has 0 N–H and O–H groups in total. The highest BCUT2D eigenvalue weighted by Gasteiger charge is 2.35. The fourth-order valence-electron chi connectivity index (χ4n) is 3.21. The zero-order chi connectivity index (χ0) is 21.0. The molecule has 4 nitrogen and oxygen atoms in total. The number of carbonyl (C=O) groups is 1. The van der Waals surface area contributed by atoms with Crippen LogP contribution >= 0.6 is 11.6 Å². The van der Waals surface area contributed by atoms with Crippen molar-refractivity contribution in [1.29, 1.82) is 0 Å². The Labute approximate surface area is 179 Å². The van der Waals surface area contributed by atoms with E-state index in [0.29, 0.717) is 24.5 Å². The van der Waals surface area contributed by atoms with Crippen LogP contribution in [0.25, 0.3) is 0 Å². The van der Waals surface area contributed by atoms with Gasteiger partial charge in [0.15, 0.2) is 14.1 Å². The molecule has 156 valence electrons. The van der Waals surface area contributed by atoms with Gasteiger partial charge in [0.1, 0.15) is 18.1 Å². The molecule has 0 aliphatic carbocycles. The minimum Gasteiger partial charge on any atom is -0.493 e. The van der Waals surface area contributed by atoms with Crippen molar-refractivity contribution < 1.29 is 18.7 Å². The van der Waals surface area contributed by atoms with Crippen molar-refractivity contribution in [2.75, 3.05) is 19.8 Å². The minimum absolute atomic E-state index is 0.0124. The van der Waals surface area contributed by atoms with Crippen molar-refractivity contribution in [3.05, 3.63) is 59.2 Å². The fraction of sp³-hybridized carbons (Fsp3) is 0.435. The van der Waals surface area contributed by atoms with Gasteiger partial charge in [0.05, 0.1) is 17.9 Å². The summed E-state index contributed by atoms with van der Waals surface area (Å²) in [7, 11) is -1.47. The van der Waals surface area contributed by atoms with Crippen LogP contribution in [-0.4, -0.2) is 33.9 Å². The molecule has 0 bridgehead atoms. The maximum atomic E-state index is 12.9. The van der Waals surface area contributed by atoms with E-state index in [2.05, 4.69) is 19.6 Å². The zero-order valence-corrected chi connectivity index (χ0v) is 19.3. The molecule has 1 aliphatic rings. The molecule has 0 spiro atoms. The maximum absolute atomic E-state index is 12.9. The van der Waals surface area contributed by atoms with Crippen LogP contribution in [-0.2, 0) is 4.43 Å². The summed E-state index contributed by atoms with van der Waals surface area (Å²) >= 11 is 6.68. The maximum Gasteiger partial charge on any atom is 0.183 e. The molecule has 0 amide bonds. The minimum atomic E-state index is -1.47. The number of alkyl halides is 1. The van der Waals surface area contributed by atoms with E-state index in [9.17, 15) is 4.79 Å². The van der Waals surface area contributed by atoms with Crippen LogP contribution in [0.1, 0.15) is 33.3 Å². The van der Waals surface area contributed by atoms with Gasteiger partial charge in [0.2, 0.25) is 0 Å². The normalized spacial score (nSPS) is 18.7. The van der Waals surface area contributed by atoms with E-state index in [-0.39, 0.29) is 12.4 Å². The molecular formula is C23H29ClO4Si. The lowest BCUT2D eigenvalue weighted by Crippen LogP contribution is -2.30. The van der Waals surface area contributed by atoms with Gasteiger partial charge in [-0.15, -0.1) is 11.6 Å². The summed E-state index contributed by atoms with van der Waals surface area (Å²) in [6.07, 6.45) is 0.841. The lowest BCUT2D eigenvalue weighted by atomic mass is 9.89. The molecule has 6 heteroatoms. The van der Waals surface area contributed by atoms with Crippen LogP contribution in [0.4, 0.5) is 0 Å². The van der Waals surface area contributed by atoms with Gasteiger partial charge in [0.25, 0.3) is 0 Å². The highest BCUT2D eigenvalue weighted by atomic mass is 35.5. The van der Waals surface area contributed by atoms with Crippen molar-refractivity contribution in [2.45, 2.75) is 38.4 Å². The van der Waals surface area contributed by atoms with Gasteiger partial charge in [-0.2, -0.15) is 0 Å². The molecule has 29 heavy (non-hydrogen) atoms. The summed E-state index contributed by atoms with van der Waals surface area (Å²) in [4.78, 5) is 12.9. The number of carbonyl (C=O) groups excluding carboxylic acids is 1. The van der Waals surface area contributed by atoms with Crippen LogP contribution < -0.4 is 9.47 Å². The standard InChI is InChI=1S/C23H29ClO4Si/c1-16-6-8-17(9-7-16)23(25)20-15-27-21-14-18(10-11-19(21)22(20)24)26-12-5-13-28-29(2,3)4/h6-11,14,20,22H,5,12-13,15H2,1-4H3. The summed E-state index contributed by atoms with van der Waals surface area (Å²) in [5.41, 5.74) is 2.62. The average Bonchev–Trinajstić information content (AvgIpc) is 2.67. The van der Waals surface area contributed by atoms with Crippen LogP contribution in [0.2, 0.25) is 19.6 Å². The Morgan fingerprint density at radius 3 is 2.55 bits per heavy atom. The second-order valence-electron chi connectivity index (χ2n) is 8.41. The highest BCUT2D eigenvalue weighted by Crippen LogP contribution is 2.42. The predicted molar refractivity (Wildman–Crippen MR) is 119 cm³/mol. The van der Waals surface area contributed by atoms with E-state index in [1.807, 2.05) is 49.4 Å². The molecule has 0 radical (unpaired) electrons. The lowest BCUT2D eigenvalue weighted by molar-refractivity contribution is 0.0849. The van der Waals surface area contributed by atoms with Crippen molar-refractivity contribution in [3.63, 3.8) is 0 Å². The highest BCUT2D eigenvalue weighted by molar-refractivity contribution is 6.69. The van der Waals surface area contributed by atoms with Crippen LogP contribution in [0.15, 0.2) is 42.5 Å². The first kappa shape index (κ1) is 21.9. The zero-order valence-electron chi connectivity index (χ0n) is 17.5. The van der Waals surface area contributed by atoms with Gasteiger partial charge >= 0.3 is 0 Å². The van der Waals surface area contributed by atoms with E-state index in [4.69, 9.17) is 25.5 Å². The van der Waals surface area contributed by atoms with Gasteiger partial charge in [-0.1, -0.05) is 35.9 Å². The lowest BCUT2D eigenvalue weighted by Gasteiger charge is -2.29. The molecule has 0 aromatic heterocycles. The first-order valence-corrected chi connectivity index (χ1v) is 13.9. The van der Waals surface area contributed by atoms with Crippen molar-refractivity contribution in [2.24, 2.45) is 5.92 Å². The smallest absolute Gasteiger partial charge is 0.183 e. The van der Waals surface area contributed by atoms with Crippen LogP contribution in [0, 0.1) is 12.8 Å². The third kappa shape index (κ3) is 5.84. The average molecular weight is 433 g/mol. The number of halogens is 1. The van der Waals surface area contributed by atoms with Gasteiger partial charge in [-0.3, -0.25) is 4.79 Å². The molecule has 1 aliphatic heterocycles. The number of aryl methyl sites for hydroxylation is 1. The van der Waals surface area contributed by atoms with E-state index < -0.39 is 19.6 Å². The second-order valence-corrected chi connectivity index (χ2v) is 13.4. The molecule has 0 saturated carbocycles. The molecule has 1 heterocycles. The van der Waals surface area contributed by atoms with E-state index in [0.717, 1.165) is 23.3 Å². The Balaban J connectivity index is 1.60. The number of hydrogen-bond acceptors (Lipinski definition) is 4. The van der Waals surface area contributed by atoms with Gasteiger partial charge in [-0.25, -0.2) is 0 Å². The Hall–Kier alpha value is -1.82. The van der Waals surface area contributed by atoms with Crippen molar-refractivity contribution in [3.8, 4) is 11.5 Å². The predicted octanol–water partition coefficient (Wildman–Crippen LogP) is 5.79. The summed E-state index contributed by atoms with van der Waals surface area (Å²) in [5, 5.41) is -0.424. The molecular weight excluding hydrogens is 404 g/mol. The summed E-state index contributed by atoms with van der Waals surface area (Å²) in [6, 6.07) is 13.2. The number of ether oxygens (including phenoxy) is 2. The SMILES string of the molecule is Cc1ccc(C(=O)C2COc3cc(OCCCO[Si](C)(C)C)ccc3C2Cl)cc1. The van der Waals surface area contributed by atoms with E-state index in [1.54, 1.807) is 0 Å². The molecule has 2 aromatic rings. The summed E-state index contributed by atoms with van der Waals surface area (Å²) in [5.74, 6) is 1.04. The Morgan fingerprint density at radius 1 is 1.14 bits per heavy atom. The first-order chi connectivity index (χ1) is 13.7. The Kier molecular flexibility index (Phi) is 7.04. The number of ketones is 1. The molecule has 2 atom stereocenters. The quantitative estimate of drug-likeness (QED) is 0.229. The fourth-order valence-corrected chi connectivity index (χ4v) is 4.33. The van der Waals surface area contributed by atoms with E-state index in [1.165, 1.54) is 0 Å². The Bertz CT molecular complexity index is 845. The summed E-state index contributed by atoms with van der Waals surface area (Å²) < 4.78 is 17.5.